The van der Waals surface area contributed by atoms with Crippen LogP contribution < -0.4 is 4.74 Å². The van der Waals surface area contributed by atoms with Crippen LogP contribution in [0.1, 0.15) is 40.7 Å². The molecule has 1 aliphatic rings. The van der Waals surface area contributed by atoms with E-state index < -0.39 is 0 Å². The number of hydrogen-bond donors (Lipinski definition) is 0. The fourth-order valence-electron chi connectivity index (χ4n) is 2.88. The molecule has 0 radical (unpaired) electrons. The SMILES string of the molecule is O=C1CCCc2c(OCCCc3ccccc3)cccc21. The summed E-state index contributed by atoms with van der Waals surface area (Å²) in [5.74, 6) is 1.15. The number of hydrogen-bond acceptors (Lipinski definition) is 2. The molecule has 0 amide bonds. The zero-order chi connectivity index (χ0) is 14.5. The number of Topliss-reactive ketones (excluding diaryl/α,β-unsaturated/α-hetero) is 1. The smallest absolute Gasteiger partial charge is 0.163 e. The molecule has 0 spiro atoms. The third-order valence-corrected chi connectivity index (χ3v) is 3.97. The first-order valence-electron chi connectivity index (χ1n) is 7.66. The highest BCUT2D eigenvalue weighted by atomic mass is 16.5. The van der Waals surface area contributed by atoms with Crippen molar-refractivity contribution >= 4 is 5.78 Å². The van der Waals surface area contributed by atoms with Crippen LogP contribution in [-0.2, 0) is 12.8 Å². The monoisotopic (exact) mass is 280 g/mol. The van der Waals surface area contributed by atoms with Gasteiger partial charge in [0.05, 0.1) is 6.61 Å². The minimum atomic E-state index is 0.256. The van der Waals surface area contributed by atoms with Gasteiger partial charge in [-0.05, 0) is 37.3 Å². The van der Waals surface area contributed by atoms with Gasteiger partial charge in [-0.3, -0.25) is 4.79 Å². The van der Waals surface area contributed by atoms with Crippen molar-refractivity contribution in [3.63, 3.8) is 0 Å². The molecule has 2 heteroatoms. The van der Waals surface area contributed by atoms with E-state index in [1.807, 2.05) is 24.3 Å². The lowest BCUT2D eigenvalue weighted by atomic mass is 9.90. The number of carbonyl (C=O) groups excluding carboxylic acids is 1. The minimum absolute atomic E-state index is 0.256. The van der Waals surface area contributed by atoms with Gasteiger partial charge in [0.15, 0.2) is 5.78 Å². The van der Waals surface area contributed by atoms with Gasteiger partial charge >= 0.3 is 0 Å². The van der Waals surface area contributed by atoms with Crippen LogP contribution in [0.25, 0.3) is 0 Å². The maximum atomic E-state index is 11.9. The highest BCUT2D eigenvalue weighted by Crippen LogP contribution is 2.29. The third-order valence-electron chi connectivity index (χ3n) is 3.97. The summed E-state index contributed by atoms with van der Waals surface area (Å²) in [7, 11) is 0. The van der Waals surface area contributed by atoms with Crippen LogP contribution in [0.5, 0.6) is 5.75 Å². The zero-order valence-electron chi connectivity index (χ0n) is 12.2. The van der Waals surface area contributed by atoms with Gasteiger partial charge in [0.2, 0.25) is 0 Å². The van der Waals surface area contributed by atoms with Crippen LogP contribution >= 0.6 is 0 Å². The Bertz CT molecular complexity index is 617. The van der Waals surface area contributed by atoms with Gasteiger partial charge in [0, 0.05) is 17.5 Å². The van der Waals surface area contributed by atoms with E-state index in [0.29, 0.717) is 13.0 Å². The Hall–Kier alpha value is -2.09. The zero-order valence-corrected chi connectivity index (χ0v) is 12.2. The lowest BCUT2D eigenvalue weighted by Crippen LogP contribution is -2.12. The summed E-state index contributed by atoms with van der Waals surface area (Å²) in [5, 5.41) is 0. The molecule has 21 heavy (non-hydrogen) atoms. The molecule has 0 aromatic heterocycles. The van der Waals surface area contributed by atoms with Gasteiger partial charge in [-0.2, -0.15) is 0 Å². The Morgan fingerprint density at radius 2 is 1.81 bits per heavy atom. The van der Waals surface area contributed by atoms with Crippen LogP contribution in [0.4, 0.5) is 0 Å². The van der Waals surface area contributed by atoms with Crippen LogP contribution in [0.2, 0.25) is 0 Å². The van der Waals surface area contributed by atoms with Crippen LogP contribution in [-0.4, -0.2) is 12.4 Å². The number of aryl methyl sites for hydroxylation is 1. The van der Waals surface area contributed by atoms with E-state index in [4.69, 9.17) is 4.74 Å². The van der Waals surface area contributed by atoms with E-state index in [-0.39, 0.29) is 5.78 Å². The summed E-state index contributed by atoms with van der Waals surface area (Å²) in [6.07, 6.45) is 4.58. The number of fused-ring (bicyclic) bond motifs is 1. The summed E-state index contributed by atoms with van der Waals surface area (Å²) in [5.41, 5.74) is 3.31. The quantitative estimate of drug-likeness (QED) is 0.767. The van der Waals surface area contributed by atoms with Crippen molar-refractivity contribution in [2.75, 3.05) is 6.61 Å². The van der Waals surface area contributed by atoms with Crippen molar-refractivity contribution in [3.8, 4) is 5.75 Å². The van der Waals surface area contributed by atoms with E-state index in [1.54, 1.807) is 0 Å². The van der Waals surface area contributed by atoms with E-state index in [1.165, 1.54) is 5.56 Å². The summed E-state index contributed by atoms with van der Waals surface area (Å²) in [6, 6.07) is 16.3. The Kier molecular flexibility index (Phi) is 4.34. The Morgan fingerprint density at radius 3 is 2.67 bits per heavy atom. The van der Waals surface area contributed by atoms with E-state index in [9.17, 15) is 4.79 Å². The average Bonchev–Trinajstić information content (AvgIpc) is 2.53. The average molecular weight is 280 g/mol. The largest absolute Gasteiger partial charge is 0.493 e. The molecule has 108 valence electrons. The topological polar surface area (TPSA) is 26.3 Å². The second-order valence-electron chi connectivity index (χ2n) is 5.50. The van der Waals surface area contributed by atoms with Gasteiger partial charge in [-0.15, -0.1) is 0 Å². The van der Waals surface area contributed by atoms with Crippen LogP contribution in [0.3, 0.4) is 0 Å². The van der Waals surface area contributed by atoms with E-state index in [0.717, 1.165) is 42.6 Å². The molecular weight excluding hydrogens is 260 g/mol. The molecule has 0 unspecified atom stereocenters. The van der Waals surface area contributed by atoms with Gasteiger partial charge in [-0.25, -0.2) is 0 Å². The van der Waals surface area contributed by atoms with Crippen LogP contribution in [0.15, 0.2) is 48.5 Å². The highest BCUT2D eigenvalue weighted by Gasteiger charge is 2.19. The molecule has 2 aromatic carbocycles. The minimum Gasteiger partial charge on any atom is -0.493 e. The fraction of sp³-hybridized carbons (Fsp3) is 0.316. The van der Waals surface area contributed by atoms with Crippen LogP contribution in [0, 0.1) is 0 Å². The van der Waals surface area contributed by atoms with Gasteiger partial charge < -0.3 is 4.74 Å². The van der Waals surface area contributed by atoms with Gasteiger partial charge in [0.1, 0.15) is 5.75 Å². The standard InChI is InChI=1S/C19H20O2/c20-18-12-4-11-17-16(18)10-5-13-19(17)21-14-6-9-15-7-2-1-3-8-15/h1-3,5,7-8,10,13H,4,6,9,11-12,14H2. The molecule has 0 fully saturated rings. The first kappa shape index (κ1) is 13.9. The molecule has 0 aliphatic heterocycles. The molecule has 0 saturated carbocycles. The second-order valence-corrected chi connectivity index (χ2v) is 5.50. The van der Waals surface area contributed by atoms with Crippen molar-refractivity contribution < 1.29 is 9.53 Å². The second kappa shape index (κ2) is 6.57. The van der Waals surface area contributed by atoms with Crippen molar-refractivity contribution in [1.82, 2.24) is 0 Å². The van der Waals surface area contributed by atoms with Crippen molar-refractivity contribution in [3.05, 3.63) is 65.2 Å². The molecule has 0 heterocycles. The van der Waals surface area contributed by atoms with Crippen molar-refractivity contribution in [2.24, 2.45) is 0 Å². The molecule has 3 rings (SSSR count). The molecule has 0 N–H and O–H groups in total. The van der Waals surface area contributed by atoms with E-state index in [2.05, 4.69) is 24.3 Å². The number of ketones is 1. The Labute approximate surface area is 125 Å². The summed E-state index contributed by atoms with van der Waals surface area (Å²) in [4.78, 5) is 11.9. The molecule has 1 aliphatic carbocycles. The number of benzene rings is 2. The molecule has 2 nitrogen and oxygen atoms in total. The normalized spacial score (nSPS) is 13.8. The molecule has 0 saturated heterocycles. The highest BCUT2D eigenvalue weighted by molar-refractivity contribution is 5.99. The predicted molar refractivity (Wildman–Crippen MR) is 84.0 cm³/mol. The third kappa shape index (κ3) is 3.33. The number of ether oxygens (including phenoxy) is 1. The lowest BCUT2D eigenvalue weighted by molar-refractivity contribution is 0.0971. The van der Waals surface area contributed by atoms with Gasteiger partial charge in [0.25, 0.3) is 0 Å². The number of rotatable bonds is 5. The molecule has 0 atom stereocenters. The summed E-state index contributed by atoms with van der Waals surface area (Å²) >= 11 is 0. The van der Waals surface area contributed by atoms with Crippen molar-refractivity contribution in [1.29, 1.82) is 0 Å². The summed E-state index contributed by atoms with van der Waals surface area (Å²) < 4.78 is 5.92. The van der Waals surface area contributed by atoms with E-state index >= 15 is 0 Å². The first-order valence-corrected chi connectivity index (χ1v) is 7.66. The first-order chi connectivity index (χ1) is 10.3. The van der Waals surface area contributed by atoms with Gasteiger partial charge in [-0.1, -0.05) is 42.5 Å². The number of carbonyl (C=O) groups is 1. The molecule has 2 aromatic rings. The maximum absolute atomic E-state index is 11.9. The fourth-order valence-corrected chi connectivity index (χ4v) is 2.88. The molecule has 0 bridgehead atoms. The lowest BCUT2D eigenvalue weighted by Gasteiger charge is -2.18. The maximum Gasteiger partial charge on any atom is 0.163 e. The Balaban J connectivity index is 1.59. The predicted octanol–water partition coefficient (Wildman–Crippen LogP) is 4.22. The molecular formula is C19H20O2. The Morgan fingerprint density at radius 1 is 0.952 bits per heavy atom. The van der Waals surface area contributed by atoms with Crippen molar-refractivity contribution in [2.45, 2.75) is 32.1 Å². The summed E-state index contributed by atoms with van der Waals surface area (Å²) in [6.45, 7) is 0.694.